The Bertz CT molecular complexity index is 800. The molecule has 2 rings (SSSR count). The molecule has 0 saturated heterocycles. The standard InChI is InChI=1S/C23H31ClN2O4/c1-15(25-13-21(28)14-27)10-17-6-8-18(9-7-17)11-16(2)26-23(30)22(29)19-4-3-5-20(24)12-19/h3-9,12,15-16,21-22,25,27-29H,10-11,13-14H2,1-2H3,(H,26,30)/t15-,16-,21+,22-/m1/s1. The van der Waals surface area contributed by atoms with Crippen LogP contribution in [0.25, 0.3) is 0 Å². The summed E-state index contributed by atoms with van der Waals surface area (Å²) in [4.78, 5) is 12.3. The Kier molecular flexibility index (Phi) is 9.75. The lowest BCUT2D eigenvalue weighted by atomic mass is 10.0. The van der Waals surface area contributed by atoms with Crippen LogP contribution in [0, 0.1) is 0 Å². The largest absolute Gasteiger partial charge is 0.394 e. The van der Waals surface area contributed by atoms with Crippen LogP contribution in [-0.2, 0) is 17.6 Å². The van der Waals surface area contributed by atoms with Gasteiger partial charge >= 0.3 is 0 Å². The van der Waals surface area contributed by atoms with Crippen LogP contribution in [0.4, 0.5) is 0 Å². The van der Waals surface area contributed by atoms with Crippen molar-refractivity contribution in [3.63, 3.8) is 0 Å². The fraction of sp³-hybridized carbons (Fsp3) is 0.435. The summed E-state index contributed by atoms with van der Waals surface area (Å²) in [5.41, 5.74) is 2.70. The molecule has 4 atom stereocenters. The van der Waals surface area contributed by atoms with Crippen molar-refractivity contribution in [2.75, 3.05) is 13.2 Å². The zero-order chi connectivity index (χ0) is 22.1. The fourth-order valence-corrected chi connectivity index (χ4v) is 3.39. The Balaban J connectivity index is 1.82. The third kappa shape index (κ3) is 8.05. The highest BCUT2D eigenvalue weighted by atomic mass is 35.5. The van der Waals surface area contributed by atoms with Crippen LogP contribution in [0.3, 0.4) is 0 Å². The number of aliphatic hydroxyl groups is 3. The normalized spacial score (nSPS) is 15.3. The highest BCUT2D eigenvalue weighted by molar-refractivity contribution is 6.30. The van der Waals surface area contributed by atoms with Crippen molar-refractivity contribution in [3.05, 3.63) is 70.2 Å². The monoisotopic (exact) mass is 434 g/mol. The molecule has 0 radical (unpaired) electrons. The fourth-order valence-electron chi connectivity index (χ4n) is 3.19. The Morgan fingerprint density at radius 1 is 1.00 bits per heavy atom. The zero-order valence-corrected chi connectivity index (χ0v) is 18.1. The lowest BCUT2D eigenvalue weighted by Gasteiger charge is -2.18. The maximum atomic E-state index is 12.3. The number of carbonyl (C=O) groups excluding carboxylic acids is 1. The number of hydrogen-bond acceptors (Lipinski definition) is 5. The van der Waals surface area contributed by atoms with E-state index in [0.717, 1.165) is 17.5 Å². The van der Waals surface area contributed by atoms with E-state index in [0.29, 0.717) is 23.6 Å². The summed E-state index contributed by atoms with van der Waals surface area (Å²) in [6.07, 6.45) is -0.558. The second-order valence-electron chi connectivity index (χ2n) is 7.74. The van der Waals surface area contributed by atoms with Crippen molar-refractivity contribution in [2.45, 2.75) is 51.0 Å². The molecule has 0 bridgehead atoms. The molecule has 6 nitrogen and oxygen atoms in total. The van der Waals surface area contributed by atoms with Gasteiger partial charge in [0.2, 0.25) is 0 Å². The van der Waals surface area contributed by atoms with Gasteiger partial charge in [0.05, 0.1) is 12.7 Å². The van der Waals surface area contributed by atoms with Crippen LogP contribution < -0.4 is 10.6 Å². The smallest absolute Gasteiger partial charge is 0.253 e. The molecule has 0 aliphatic carbocycles. The van der Waals surface area contributed by atoms with Gasteiger partial charge in [-0.3, -0.25) is 4.79 Å². The van der Waals surface area contributed by atoms with E-state index in [1.54, 1.807) is 24.3 Å². The summed E-state index contributed by atoms with van der Waals surface area (Å²) in [6.45, 7) is 4.03. The van der Waals surface area contributed by atoms with Gasteiger partial charge in [-0.05, 0) is 55.5 Å². The minimum atomic E-state index is -1.26. The molecular formula is C23H31ClN2O4. The van der Waals surface area contributed by atoms with E-state index >= 15 is 0 Å². The van der Waals surface area contributed by atoms with E-state index in [1.807, 2.05) is 38.1 Å². The van der Waals surface area contributed by atoms with Gasteiger partial charge in [-0.25, -0.2) is 0 Å². The minimum Gasteiger partial charge on any atom is -0.394 e. The predicted octanol–water partition coefficient (Wildman–Crippen LogP) is 1.99. The quantitative estimate of drug-likeness (QED) is 0.372. The van der Waals surface area contributed by atoms with Crippen molar-refractivity contribution in [1.29, 1.82) is 0 Å². The highest BCUT2D eigenvalue weighted by Crippen LogP contribution is 2.18. The second kappa shape index (κ2) is 12.0. The number of carbonyl (C=O) groups is 1. The van der Waals surface area contributed by atoms with E-state index in [9.17, 15) is 15.0 Å². The maximum absolute atomic E-state index is 12.3. The first-order valence-electron chi connectivity index (χ1n) is 10.1. The lowest BCUT2D eigenvalue weighted by Crippen LogP contribution is -2.37. The molecule has 0 saturated carbocycles. The summed E-state index contributed by atoms with van der Waals surface area (Å²) in [7, 11) is 0. The molecule has 7 heteroatoms. The summed E-state index contributed by atoms with van der Waals surface area (Å²) >= 11 is 5.92. The SMILES string of the molecule is C[C@H](Cc1ccc(C[C@@H](C)NC(=O)[C@H](O)c2cccc(Cl)c2)cc1)NC[C@H](O)CO. The van der Waals surface area contributed by atoms with Crippen LogP contribution in [0.2, 0.25) is 5.02 Å². The molecule has 2 aromatic rings. The zero-order valence-electron chi connectivity index (χ0n) is 17.4. The van der Waals surface area contributed by atoms with Gasteiger partial charge in [-0.15, -0.1) is 0 Å². The molecule has 0 aliphatic heterocycles. The minimum absolute atomic E-state index is 0.141. The van der Waals surface area contributed by atoms with E-state index in [-0.39, 0.29) is 18.7 Å². The van der Waals surface area contributed by atoms with Crippen molar-refractivity contribution in [1.82, 2.24) is 10.6 Å². The summed E-state index contributed by atoms with van der Waals surface area (Å²) in [5, 5.41) is 35.0. The van der Waals surface area contributed by atoms with E-state index in [1.165, 1.54) is 0 Å². The maximum Gasteiger partial charge on any atom is 0.253 e. The van der Waals surface area contributed by atoms with Crippen LogP contribution in [0.1, 0.15) is 36.6 Å². The average Bonchev–Trinajstić information content (AvgIpc) is 2.72. The molecule has 5 N–H and O–H groups in total. The van der Waals surface area contributed by atoms with Gasteiger partial charge in [0, 0.05) is 23.7 Å². The molecule has 164 valence electrons. The first kappa shape index (κ1) is 24.3. The number of halogens is 1. The van der Waals surface area contributed by atoms with Gasteiger partial charge in [0.15, 0.2) is 6.10 Å². The number of aliphatic hydroxyl groups excluding tert-OH is 3. The number of amides is 1. The number of nitrogens with one attached hydrogen (secondary N) is 2. The predicted molar refractivity (Wildman–Crippen MR) is 118 cm³/mol. The van der Waals surface area contributed by atoms with E-state index in [2.05, 4.69) is 10.6 Å². The van der Waals surface area contributed by atoms with Gasteiger partial charge in [-0.1, -0.05) is 48.0 Å². The Morgan fingerprint density at radius 2 is 1.60 bits per heavy atom. The molecule has 0 aliphatic rings. The Labute approximate surface area is 182 Å². The van der Waals surface area contributed by atoms with Crippen LogP contribution in [-0.4, -0.2) is 52.6 Å². The molecule has 0 unspecified atom stereocenters. The van der Waals surface area contributed by atoms with Gasteiger partial charge < -0.3 is 26.0 Å². The van der Waals surface area contributed by atoms with Crippen molar-refractivity contribution < 1.29 is 20.1 Å². The van der Waals surface area contributed by atoms with Gasteiger partial charge in [0.25, 0.3) is 5.91 Å². The lowest BCUT2D eigenvalue weighted by molar-refractivity contribution is -0.130. The first-order chi connectivity index (χ1) is 14.3. The molecular weight excluding hydrogens is 404 g/mol. The van der Waals surface area contributed by atoms with Crippen LogP contribution >= 0.6 is 11.6 Å². The molecule has 30 heavy (non-hydrogen) atoms. The summed E-state index contributed by atoms with van der Waals surface area (Å²) in [6, 6.07) is 14.8. The molecule has 0 fully saturated rings. The summed E-state index contributed by atoms with van der Waals surface area (Å²) in [5.74, 6) is -0.452. The topological polar surface area (TPSA) is 102 Å². The second-order valence-corrected chi connectivity index (χ2v) is 8.17. The van der Waals surface area contributed by atoms with Gasteiger partial charge in [0.1, 0.15) is 0 Å². The molecule has 0 aromatic heterocycles. The number of hydrogen-bond donors (Lipinski definition) is 5. The molecule has 2 aromatic carbocycles. The Hall–Kier alpha value is -1.96. The van der Waals surface area contributed by atoms with Crippen molar-refractivity contribution in [2.24, 2.45) is 0 Å². The van der Waals surface area contributed by atoms with E-state index in [4.69, 9.17) is 16.7 Å². The first-order valence-corrected chi connectivity index (χ1v) is 10.5. The van der Waals surface area contributed by atoms with Crippen LogP contribution in [0.5, 0.6) is 0 Å². The molecule has 0 spiro atoms. The third-order valence-corrected chi connectivity index (χ3v) is 5.06. The van der Waals surface area contributed by atoms with Crippen LogP contribution in [0.15, 0.2) is 48.5 Å². The third-order valence-electron chi connectivity index (χ3n) is 4.82. The average molecular weight is 435 g/mol. The summed E-state index contributed by atoms with van der Waals surface area (Å²) < 4.78 is 0. The highest BCUT2D eigenvalue weighted by Gasteiger charge is 2.19. The Morgan fingerprint density at radius 3 is 2.17 bits per heavy atom. The number of benzene rings is 2. The number of rotatable bonds is 11. The van der Waals surface area contributed by atoms with Gasteiger partial charge in [-0.2, -0.15) is 0 Å². The van der Waals surface area contributed by atoms with E-state index < -0.39 is 18.1 Å². The molecule has 0 heterocycles. The molecule has 1 amide bonds. The van der Waals surface area contributed by atoms with Crippen molar-refractivity contribution in [3.8, 4) is 0 Å². The van der Waals surface area contributed by atoms with Crippen molar-refractivity contribution >= 4 is 17.5 Å².